The van der Waals surface area contributed by atoms with Crippen LogP contribution in [0.1, 0.15) is 33.6 Å². The Kier molecular flexibility index (Phi) is 4.06. The molecule has 0 rings (SSSR count). The second-order valence-electron chi connectivity index (χ2n) is 2.13. The quantitative estimate of drug-likeness (QED) is 0.529. The van der Waals surface area contributed by atoms with Crippen molar-refractivity contribution in [2.24, 2.45) is 5.92 Å². The average Bonchev–Trinajstić information content (AvgIpc) is 1.84. The van der Waals surface area contributed by atoms with E-state index in [-0.39, 0.29) is 0 Å². The molecule has 1 atom stereocenters. The van der Waals surface area contributed by atoms with Gasteiger partial charge >= 0.3 is 0 Å². The maximum Gasteiger partial charge on any atom is -0.00462 e. The number of hydrogen-bond donors (Lipinski definition) is 0. The zero-order chi connectivity index (χ0) is 6.57. The van der Waals surface area contributed by atoms with Crippen molar-refractivity contribution in [1.82, 2.24) is 0 Å². The molecule has 8 heavy (non-hydrogen) atoms. The van der Waals surface area contributed by atoms with E-state index in [1.54, 1.807) is 0 Å². The lowest BCUT2D eigenvalue weighted by Gasteiger charge is -2.05. The van der Waals surface area contributed by atoms with E-state index in [1.807, 2.05) is 0 Å². The first-order valence-electron chi connectivity index (χ1n) is 3.25. The van der Waals surface area contributed by atoms with Crippen LogP contribution in [0.15, 0.2) is 0 Å². The van der Waals surface area contributed by atoms with E-state index >= 15 is 0 Å². The summed E-state index contributed by atoms with van der Waals surface area (Å²) in [6.45, 7) is 6.48. The van der Waals surface area contributed by atoms with E-state index in [0.29, 0.717) is 5.92 Å². The summed E-state index contributed by atoms with van der Waals surface area (Å²) in [5.41, 5.74) is 0. The van der Waals surface area contributed by atoms with Crippen LogP contribution in [0.3, 0.4) is 0 Å². The van der Waals surface area contributed by atoms with Gasteiger partial charge in [-0.05, 0) is 23.6 Å². The lowest BCUT2D eigenvalue weighted by molar-refractivity contribution is 0.737. The van der Waals surface area contributed by atoms with Crippen molar-refractivity contribution in [1.29, 1.82) is 0 Å². The second kappa shape index (κ2) is 4.02. The summed E-state index contributed by atoms with van der Waals surface area (Å²) in [5, 5.41) is 0. The van der Waals surface area contributed by atoms with Gasteiger partial charge in [0, 0.05) is 0 Å². The van der Waals surface area contributed by atoms with Crippen molar-refractivity contribution >= 4 is 17.1 Å². The van der Waals surface area contributed by atoms with Gasteiger partial charge in [0.2, 0.25) is 0 Å². The fourth-order valence-corrected chi connectivity index (χ4v) is 0.743. The molecule has 0 aromatic heterocycles. The zero-order valence-corrected chi connectivity index (χ0v) is 6.72. The highest BCUT2D eigenvalue weighted by Gasteiger charge is 2.01. The molecular formula is C7H14S. The van der Waals surface area contributed by atoms with Gasteiger partial charge in [-0.25, -0.2) is 0 Å². The van der Waals surface area contributed by atoms with Gasteiger partial charge in [-0.15, -0.1) is 0 Å². The highest BCUT2D eigenvalue weighted by atomic mass is 32.1. The summed E-state index contributed by atoms with van der Waals surface area (Å²) in [6.07, 6.45) is 2.25. The number of thiocarbonyl (C=S) groups is 1. The number of hydrogen-bond acceptors (Lipinski definition) is 1. The van der Waals surface area contributed by atoms with E-state index in [1.165, 1.54) is 11.3 Å². The molecule has 48 valence electrons. The normalized spacial score (nSPS) is 13.4. The van der Waals surface area contributed by atoms with E-state index in [4.69, 9.17) is 12.2 Å². The summed E-state index contributed by atoms with van der Waals surface area (Å²) in [4.78, 5) is 1.22. The van der Waals surface area contributed by atoms with Gasteiger partial charge in [-0.2, -0.15) is 0 Å². The average molecular weight is 130 g/mol. The minimum Gasteiger partial charge on any atom is -0.0894 e. The van der Waals surface area contributed by atoms with Crippen molar-refractivity contribution in [3.8, 4) is 0 Å². The van der Waals surface area contributed by atoms with Crippen LogP contribution in [0, 0.1) is 5.92 Å². The summed E-state index contributed by atoms with van der Waals surface area (Å²) < 4.78 is 0. The summed E-state index contributed by atoms with van der Waals surface area (Å²) in [7, 11) is 0. The van der Waals surface area contributed by atoms with Crippen LogP contribution in [0.4, 0.5) is 0 Å². The van der Waals surface area contributed by atoms with Crippen molar-refractivity contribution in [2.45, 2.75) is 33.6 Å². The molecule has 0 heterocycles. The SMILES string of the molecule is CCC(=S)C(C)CC. The van der Waals surface area contributed by atoms with Crippen LogP contribution in [-0.4, -0.2) is 4.86 Å². The van der Waals surface area contributed by atoms with Crippen LogP contribution in [0.2, 0.25) is 0 Å². The zero-order valence-electron chi connectivity index (χ0n) is 5.90. The highest BCUT2D eigenvalue weighted by Crippen LogP contribution is 2.05. The molecule has 0 amide bonds. The number of rotatable bonds is 3. The Morgan fingerprint density at radius 1 is 1.50 bits per heavy atom. The Hall–Kier alpha value is 0.0900. The summed E-state index contributed by atoms with van der Waals surface area (Å²) in [6, 6.07) is 0. The third-order valence-electron chi connectivity index (χ3n) is 1.51. The molecule has 0 nitrogen and oxygen atoms in total. The van der Waals surface area contributed by atoms with E-state index in [9.17, 15) is 0 Å². The first-order chi connectivity index (χ1) is 3.72. The van der Waals surface area contributed by atoms with Gasteiger partial charge in [0.15, 0.2) is 0 Å². The van der Waals surface area contributed by atoms with Crippen molar-refractivity contribution < 1.29 is 0 Å². The molecule has 0 bridgehead atoms. The molecule has 0 saturated heterocycles. The fraction of sp³-hybridized carbons (Fsp3) is 0.857. The lowest BCUT2D eigenvalue weighted by atomic mass is 10.0. The first-order valence-corrected chi connectivity index (χ1v) is 3.65. The predicted octanol–water partition coefficient (Wildman–Crippen LogP) is 2.81. The molecule has 0 saturated carbocycles. The van der Waals surface area contributed by atoms with Gasteiger partial charge in [-0.1, -0.05) is 33.0 Å². The molecule has 0 aromatic rings. The Labute approximate surface area is 57.3 Å². The van der Waals surface area contributed by atoms with Crippen LogP contribution in [-0.2, 0) is 0 Å². The molecule has 0 spiro atoms. The van der Waals surface area contributed by atoms with E-state index < -0.39 is 0 Å². The summed E-state index contributed by atoms with van der Waals surface area (Å²) >= 11 is 5.08. The standard InChI is InChI=1S/C7H14S/c1-4-6(3)7(8)5-2/h6H,4-5H2,1-3H3. The maximum atomic E-state index is 5.08. The molecule has 0 aliphatic heterocycles. The largest absolute Gasteiger partial charge is 0.0894 e. The Balaban J connectivity index is 3.46. The molecule has 0 N–H and O–H groups in total. The minimum absolute atomic E-state index is 0.648. The Morgan fingerprint density at radius 2 is 2.00 bits per heavy atom. The molecular weight excluding hydrogens is 116 g/mol. The van der Waals surface area contributed by atoms with Crippen LogP contribution < -0.4 is 0 Å². The molecule has 1 heteroatoms. The van der Waals surface area contributed by atoms with Crippen molar-refractivity contribution in [2.75, 3.05) is 0 Å². The Morgan fingerprint density at radius 3 is 2.12 bits per heavy atom. The smallest absolute Gasteiger partial charge is 0.00462 e. The van der Waals surface area contributed by atoms with Crippen LogP contribution in [0.5, 0.6) is 0 Å². The fourth-order valence-electron chi connectivity index (χ4n) is 0.576. The van der Waals surface area contributed by atoms with E-state index in [0.717, 1.165) is 6.42 Å². The van der Waals surface area contributed by atoms with Gasteiger partial charge in [0.05, 0.1) is 0 Å². The highest BCUT2D eigenvalue weighted by molar-refractivity contribution is 7.80. The lowest BCUT2D eigenvalue weighted by Crippen LogP contribution is -2.04. The minimum atomic E-state index is 0.648. The third-order valence-corrected chi connectivity index (χ3v) is 2.20. The van der Waals surface area contributed by atoms with Gasteiger partial charge < -0.3 is 0 Å². The first kappa shape index (κ1) is 8.09. The molecule has 0 aliphatic carbocycles. The topological polar surface area (TPSA) is 0 Å². The molecule has 0 aromatic carbocycles. The molecule has 0 aliphatic rings. The van der Waals surface area contributed by atoms with Gasteiger partial charge in [-0.3, -0.25) is 0 Å². The molecule has 1 unspecified atom stereocenters. The van der Waals surface area contributed by atoms with Crippen molar-refractivity contribution in [3.05, 3.63) is 0 Å². The van der Waals surface area contributed by atoms with Crippen LogP contribution >= 0.6 is 12.2 Å². The van der Waals surface area contributed by atoms with E-state index in [2.05, 4.69) is 20.8 Å². The van der Waals surface area contributed by atoms with Gasteiger partial charge in [0.25, 0.3) is 0 Å². The predicted molar refractivity (Wildman–Crippen MR) is 42.3 cm³/mol. The van der Waals surface area contributed by atoms with Gasteiger partial charge in [0.1, 0.15) is 0 Å². The van der Waals surface area contributed by atoms with Crippen LogP contribution in [0.25, 0.3) is 0 Å². The molecule has 0 fully saturated rings. The second-order valence-corrected chi connectivity index (χ2v) is 2.65. The Bertz CT molecular complexity index is 76.5. The monoisotopic (exact) mass is 130 g/mol. The molecule has 0 radical (unpaired) electrons. The third kappa shape index (κ3) is 2.41. The summed E-state index contributed by atoms with van der Waals surface area (Å²) in [5.74, 6) is 0.648. The maximum absolute atomic E-state index is 5.08. The van der Waals surface area contributed by atoms with Crippen molar-refractivity contribution in [3.63, 3.8) is 0 Å².